The van der Waals surface area contributed by atoms with Crippen molar-refractivity contribution >= 4 is 11.6 Å². The normalized spacial score (nSPS) is 10.9. The fraction of sp³-hybridized carbons (Fsp3) is 0.0556. The van der Waals surface area contributed by atoms with E-state index in [0.29, 0.717) is 16.7 Å². The van der Waals surface area contributed by atoms with Crippen LogP contribution in [0.15, 0.2) is 65.3 Å². The summed E-state index contributed by atoms with van der Waals surface area (Å²) in [5, 5.41) is 8.96. The summed E-state index contributed by atoms with van der Waals surface area (Å²) in [4.78, 5) is 4.48. The molecular weight excluding hydrogens is 324 g/mol. The van der Waals surface area contributed by atoms with Gasteiger partial charge in [-0.15, -0.1) is 0 Å². The minimum atomic E-state index is 0.465. The Morgan fingerprint density at radius 3 is 2.50 bits per heavy atom. The lowest BCUT2D eigenvalue weighted by molar-refractivity contribution is 0.432. The number of aromatic nitrogens is 4. The summed E-state index contributed by atoms with van der Waals surface area (Å²) in [6.45, 7) is 0. The lowest BCUT2D eigenvalue weighted by atomic mass is 10.1. The van der Waals surface area contributed by atoms with Crippen LogP contribution < -0.4 is 0 Å². The fourth-order valence-corrected chi connectivity index (χ4v) is 2.65. The predicted octanol–water partition coefficient (Wildman–Crippen LogP) is 4.46. The van der Waals surface area contributed by atoms with E-state index in [4.69, 9.17) is 16.1 Å². The quantitative estimate of drug-likeness (QED) is 0.554. The van der Waals surface area contributed by atoms with Crippen molar-refractivity contribution in [3.05, 3.63) is 65.8 Å². The third kappa shape index (κ3) is 2.70. The van der Waals surface area contributed by atoms with Gasteiger partial charge in [0.25, 0.3) is 5.89 Å². The standard InChI is InChI=1S/C18H13ClN4O/c1-23-16(9-10-20-23)13-3-2-4-14(11-13)17-21-18(24-22-17)12-5-7-15(19)8-6-12/h2-11H,1H3. The second-order valence-electron chi connectivity index (χ2n) is 5.35. The zero-order valence-corrected chi connectivity index (χ0v) is 13.6. The minimum absolute atomic E-state index is 0.465. The highest BCUT2D eigenvalue weighted by molar-refractivity contribution is 6.30. The van der Waals surface area contributed by atoms with Crippen LogP contribution in [0.3, 0.4) is 0 Å². The van der Waals surface area contributed by atoms with Gasteiger partial charge in [0.15, 0.2) is 0 Å². The molecule has 0 saturated heterocycles. The van der Waals surface area contributed by atoms with Gasteiger partial charge in [-0.1, -0.05) is 35.0 Å². The molecule has 0 N–H and O–H groups in total. The Balaban J connectivity index is 1.70. The van der Waals surface area contributed by atoms with Crippen molar-refractivity contribution in [2.24, 2.45) is 7.05 Å². The van der Waals surface area contributed by atoms with E-state index in [2.05, 4.69) is 15.2 Å². The van der Waals surface area contributed by atoms with Gasteiger partial charge in [0.05, 0.1) is 5.69 Å². The number of benzene rings is 2. The van der Waals surface area contributed by atoms with Crippen LogP contribution in [-0.4, -0.2) is 19.9 Å². The first-order chi connectivity index (χ1) is 11.7. The predicted molar refractivity (Wildman–Crippen MR) is 92.4 cm³/mol. The van der Waals surface area contributed by atoms with E-state index in [1.807, 2.05) is 54.2 Å². The van der Waals surface area contributed by atoms with Gasteiger partial charge >= 0.3 is 0 Å². The molecule has 2 aromatic carbocycles. The van der Waals surface area contributed by atoms with Crippen LogP contribution in [0.1, 0.15) is 0 Å². The minimum Gasteiger partial charge on any atom is -0.334 e. The first kappa shape index (κ1) is 14.7. The zero-order valence-electron chi connectivity index (χ0n) is 12.8. The summed E-state index contributed by atoms with van der Waals surface area (Å²) < 4.78 is 7.21. The largest absolute Gasteiger partial charge is 0.334 e. The van der Waals surface area contributed by atoms with Crippen molar-refractivity contribution in [2.45, 2.75) is 0 Å². The Labute approximate surface area is 143 Å². The van der Waals surface area contributed by atoms with Crippen LogP contribution in [0.4, 0.5) is 0 Å². The van der Waals surface area contributed by atoms with Crippen molar-refractivity contribution in [2.75, 3.05) is 0 Å². The van der Waals surface area contributed by atoms with Gasteiger partial charge in [-0.25, -0.2) is 0 Å². The first-order valence-electron chi connectivity index (χ1n) is 7.39. The van der Waals surface area contributed by atoms with Gasteiger partial charge in [-0.05, 0) is 36.4 Å². The molecule has 0 aliphatic carbocycles. The second kappa shape index (κ2) is 5.94. The summed E-state index contributed by atoms with van der Waals surface area (Å²) in [6.07, 6.45) is 1.77. The Hall–Kier alpha value is -2.92. The smallest absolute Gasteiger partial charge is 0.258 e. The Morgan fingerprint density at radius 2 is 1.75 bits per heavy atom. The van der Waals surface area contributed by atoms with E-state index >= 15 is 0 Å². The molecular formula is C18H13ClN4O. The third-order valence-corrected chi connectivity index (χ3v) is 4.01. The highest BCUT2D eigenvalue weighted by Gasteiger charge is 2.12. The number of nitrogens with zero attached hydrogens (tertiary/aromatic N) is 4. The molecule has 5 nitrogen and oxygen atoms in total. The Morgan fingerprint density at radius 1 is 0.958 bits per heavy atom. The molecule has 0 aliphatic rings. The molecule has 2 aromatic heterocycles. The van der Waals surface area contributed by atoms with Gasteiger partial charge < -0.3 is 4.52 Å². The van der Waals surface area contributed by atoms with Crippen molar-refractivity contribution in [1.82, 2.24) is 19.9 Å². The van der Waals surface area contributed by atoms with E-state index < -0.39 is 0 Å². The topological polar surface area (TPSA) is 56.7 Å². The SMILES string of the molecule is Cn1nccc1-c1cccc(-c2noc(-c3ccc(Cl)cc3)n2)c1. The summed E-state index contributed by atoms with van der Waals surface area (Å²) in [7, 11) is 1.91. The van der Waals surface area contributed by atoms with Crippen LogP contribution in [0.2, 0.25) is 5.02 Å². The van der Waals surface area contributed by atoms with Gasteiger partial charge in [0, 0.05) is 35.0 Å². The van der Waals surface area contributed by atoms with Gasteiger partial charge in [0.2, 0.25) is 5.82 Å². The van der Waals surface area contributed by atoms with Crippen molar-refractivity contribution < 1.29 is 4.52 Å². The van der Waals surface area contributed by atoms with Crippen molar-refractivity contribution in [1.29, 1.82) is 0 Å². The van der Waals surface area contributed by atoms with E-state index in [1.165, 1.54) is 0 Å². The zero-order chi connectivity index (χ0) is 16.5. The number of aryl methyl sites for hydroxylation is 1. The van der Waals surface area contributed by atoms with E-state index in [1.54, 1.807) is 18.3 Å². The van der Waals surface area contributed by atoms with Crippen LogP contribution in [0, 0.1) is 0 Å². The summed E-state index contributed by atoms with van der Waals surface area (Å²) in [5.41, 5.74) is 3.79. The van der Waals surface area contributed by atoms with Crippen molar-refractivity contribution in [3.8, 4) is 34.1 Å². The lowest BCUT2D eigenvalue weighted by Crippen LogP contribution is -1.93. The van der Waals surface area contributed by atoms with E-state index in [0.717, 1.165) is 22.4 Å². The van der Waals surface area contributed by atoms with Crippen LogP contribution in [-0.2, 0) is 7.05 Å². The fourth-order valence-electron chi connectivity index (χ4n) is 2.53. The molecule has 24 heavy (non-hydrogen) atoms. The maximum absolute atomic E-state index is 5.91. The molecule has 0 fully saturated rings. The monoisotopic (exact) mass is 336 g/mol. The highest BCUT2D eigenvalue weighted by Crippen LogP contribution is 2.26. The molecule has 6 heteroatoms. The molecule has 118 valence electrons. The number of halogens is 1. The Bertz CT molecular complexity index is 988. The summed E-state index contributed by atoms with van der Waals surface area (Å²) in [5.74, 6) is 1.01. The maximum atomic E-state index is 5.91. The molecule has 0 amide bonds. The van der Waals surface area contributed by atoms with Gasteiger partial charge in [-0.2, -0.15) is 10.1 Å². The highest BCUT2D eigenvalue weighted by atomic mass is 35.5. The summed E-state index contributed by atoms with van der Waals surface area (Å²) in [6, 6.07) is 17.2. The van der Waals surface area contributed by atoms with Gasteiger partial charge in [0.1, 0.15) is 0 Å². The molecule has 0 aliphatic heterocycles. The molecule has 0 bridgehead atoms. The molecule has 4 aromatic rings. The molecule has 0 atom stereocenters. The third-order valence-electron chi connectivity index (χ3n) is 3.75. The van der Waals surface area contributed by atoms with Crippen LogP contribution >= 0.6 is 11.6 Å². The average molecular weight is 337 g/mol. The number of rotatable bonds is 3. The lowest BCUT2D eigenvalue weighted by Gasteiger charge is -2.03. The first-order valence-corrected chi connectivity index (χ1v) is 7.77. The maximum Gasteiger partial charge on any atom is 0.258 e. The molecule has 4 rings (SSSR count). The average Bonchev–Trinajstić information content (AvgIpc) is 3.25. The second-order valence-corrected chi connectivity index (χ2v) is 5.79. The summed E-state index contributed by atoms with van der Waals surface area (Å²) >= 11 is 5.91. The van der Waals surface area contributed by atoms with E-state index in [-0.39, 0.29) is 0 Å². The molecule has 0 spiro atoms. The van der Waals surface area contributed by atoms with Gasteiger partial charge in [-0.3, -0.25) is 4.68 Å². The van der Waals surface area contributed by atoms with Crippen LogP contribution in [0.25, 0.3) is 34.1 Å². The van der Waals surface area contributed by atoms with E-state index in [9.17, 15) is 0 Å². The Kier molecular flexibility index (Phi) is 3.63. The molecule has 0 saturated carbocycles. The van der Waals surface area contributed by atoms with Crippen molar-refractivity contribution in [3.63, 3.8) is 0 Å². The number of hydrogen-bond acceptors (Lipinski definition) is 4. The number of hydrogen-bond donors (Lipinski definition) is 0. The van der Waals surface area contributed by atoms with Crippen LogP contribution in [0.5, 0.6) is 0 Å². The molecule has 0 unspecified atom stereocenters. The molecule has 2 heterocycles. The molecule has 0 radical (unpaired) electrons.